The number of rotatable bonds is 4. The smallest absolute Gasteiger partial charge is 0.305 e. The van der Waals surface area contributed by atoms with Gasteiger partial charge in [0.05, 0.1) is 12.0 Å². The van der Waals surface area contributed by atoms with Gasteiger partial charge in [-0.05, 0) is 50.6 Å². The van der Waals surface area contributed by atoms with Crippen LogP contribution in [0, 0.1) is 0 Å². The molecule has 2 rings (SSSR count). The number of benzene rings is 1. The molecule has 1 heterocycles. The molecule has 19 heavy (non-hydrogen) atoms. The van der Waals surface area contributed by atoms with Gasteiger partial charge < -0.3 is 5.11 Å². The van der Waals surface area contributed by atoms with Gasteiger partial charge in [0.2, 0.25) is 0 Å². The molecule has 1 unspecified atom stereocenters. The Bertz CT molecular complexity index is 486. The van der Waals surface area contributed by atoms with Crippen LogP contribution in [0.3, 0.4) is 0 Å². The Balaban J connectivity index is 2.43. The first-order valence-electron chi connectivity index (χ1n) is 6.36. The highest BCUT2D eigenvalue weighted by molar-refractivity contribution is 6.35. The summed E-state index contributed by atoms with van der Waals surface area (Å²) in [6.45, 7) is 3.76. The van der Waals surface area contributed by atoms with Gasteiger partial charge in [0, 0.05) is 10.0 Å². The second-order valence-electron chi connectivity index (χ2n) is 5.16. The minimum Gasteiger partial charge on any atom is -0.481 e. The van der Waals surface area contributed by atoms with Crippen LogP contribution in [0.25, 0.3) is 0 Å². The van der Waals surface area contributed by atoms with Gasteiger partial charge in [-0.3, -0.25) is 9.69 Å². The highest BCUT2D eigenvalue weighted by Crippen LogP contribution is 2.39. The molecule has 1 fully saturated rings. The molecule has 1 aromatic rings. The van der Waals surface area contributed by atoms with Crippen molar-refractivity contribution in [3.05, 3.63) is 33.8 Å². The average Bonchev–Trinajstić information content (AvgIpc) is 2.81. The van der Waals surface area contributed by atoms with Crippen LogP contribution in [0.2, 0.25) is 10.0 Å². The summed E-state index contributed by atoms with van der Waals surface area (Å²) in [4.78, 5) is 13.4. The highest BCUT2D eigenvalue weighted by atomic mass is 35.5. The quantitative estimate of drug-likeness (QED) is 0.920. The second-order valence-corrected chi connectivity index (χ2v) is 6.01. The maximum atomic E-state index is 11.2. The zero-order valence-electron chi connectivity index (χ0n) is 10.8. The van der Waals surface area contributed by atoms with Crippen LogP contribution in [0.15, 0.2) is 18.2 Å². The van der Waals surface area contributed by atoms with E-state index in [0.717, 1.165) is 31.5 Å². The molecular formula is C14H17Cl2NO2. The number of carboxylic acid groups (broad SMARTS) is 1. The molecule has 1 aromatic carbocycles. The highest BCUT2D eigenvalue weighted by Gasteiger charge is 2.38. The van der Waals surface area contributed by atoms with Crippen LogP contribution in [-0.2, 0) is 10.3 Å². The van der Waals surface area contributed by atoms with Crippen molar-refractivity contribution >= 4 is 29.2 Å². The molecule has 0 saturated carbocycles. The van der Waals surface area contributed by atoms with Crippen molar-refractivity contribution in [2.45, 2.75) is 31.7 Å². The fourth-order valence-corrected chi connectivity index (χ4v) is 3.42. The summed E-state index contributed by atoms with van der Waals surface area (Å²) in [6, 6.07) is 5.28. The molecule has 3 nitrogen and oxygen atoms in total. The number of carboxylic acids is 1. The summed E-state index contributed by atoms with van der Waals surface area (Å²) >= 11 is 12.2. The molecule has 0 amide bonds. The fraction of sp³-hybridized carbons (Fsp3) is 0.500. The van der Waals surface area contributed by atoms with Gasteiger partial charge in [-0.25, -0.2) is 0 Å². The number of aliphatic carboxylic acids is 1. The summed E-state index contributed by atoms with van der Waals surface area (Å²) in [5.74, 6) is -0.819. The molecule has 0 bridgehead atoms. The summed E-state index contributed by atoms with van der Waals surface area (Å²) in [5, 5.41) is 10.3. The minimum atomic E-state index is -0.819. The standard InChI is InChI=1S/C14H17Cl2NO2/c1-14(9-13(18)19,17-6-2-3-7-17)11-5-4-10(15)8-12(11)16/h4-5,8H,2-3,6-7,9H2,1H3,(H,18,19). The molecule has 1 atom stereocenters. The SMILES string of the molecule is CC(CC(=O)O)(c1ccc(Cl)cc1Cl)N1CCCC1. The number of likely N-dealkylation sites (tertiary alicyclic amines) is 1. The van der Waals surface area contributed by atoms with Gasteiger partial charge in [-0.2, -0.15) is 0 Å². The monoisotopic (exact) mass is 301 g/mol. The van der Waals surface area contributed by atoms with E-state index in [9.17, 15) is 9.90 Å². The lowest BCUT2D eigenvalue weighted by Crippen LogP contribution is -2.44. The lowest BCUT2D eigenvalue weighted by Gasteiger charge is -2.39. The van der Waals surface area contributed by atoms with E-state index in [1.165, 1.54) is 0 Å². The van der Waals surface area contributed by atoms with Crippen LogP contribution in [0.4, 0.5) is 0 Å². The molecule has 1 aliphatic rings. The lowest BCUT2D eigenvalue weighted by atomic mass is 9.87. The van der Waals surface area contributed by atoms with E-state index >= 15 is 0 Å². The number of hydrogen-bond donors (Lipinski definition) is 1. The van der Waals surface area contributed by atoms with Gasteiger partial charge in [0.1, 0.15) is 0 Å². The first-order chi connectivity index (χ1) is 8.93. The van der Waals surface area contributed by atoms with Crippen molar-refractivity contribution in [1.82, 2.24) is 4.90 Å². The van der Waals surface area contributed by atoms with Crippen LogP contribution in [0.5, 0.6) is 0 Å². The first kappa shape index (κ1) is 14.6. The molecule has 0 aromatic heterocycles. The lowest BCUT2D eigenvalue weighted by molar-refractivity contribution is -0.140. The molecule has 104 valence electrons. The van der Waals surface area contributed by atoms with E-state index in [2.05, 4.69) is 4.90 Å². The summed E-state index contributed by atoms with van der Waals surface area (Å²) in [5.41, 5.74) is 0.257. The molecular weight excluding hydrogens is 285 g/mol. The van der Waals surface area contributed by atoms with Crippen molar-refractivity contribution in [1.29, 1.82) is 0 Å². The Kier molecular flexibility index (Phi) is 4.39. The third-order valence-electron chi connectivity index (χ3n) is 3.81. The van der Waals surface area contributed by atoms with Gasteiger partial charge in [-0.15, -0.1) is 0 Å². The van der Waals surface area contributed by atoms with Gasteiger partial charge >= 0.3 is 5.97 Å². The Morgan fingerprint density at radius 3 is 2.53 bits per heavy atom. The maximum Gasteiger partial charge on any atom is 0.305 e. The summed E-state index contributed by atoms with van der Waals surface area (Å²) in [7, 11) is 0. The summed E-state index contributed by atoms with van der Waals surface area (Å²) in [6.07, 6.45) is 2.23. The van der Waals surface area contributed by atoms with Crippen molar-refractivity contribution in [2.75, 3.05) is 13.1 Å². The van der Waals surface area contributed by atoms with E-state index in [4.69, 9.17) is 23.2 Å². The minimum absolute atomic E-state index is 0.0361. The van der Waals surface area contributed by atoms with Crippen molar-refractivity contribution < 1.29 is 9.90 Å². The molecule has 1 saturated heterocycles. The Hall–Kier alpha value is -0.770. The Labute approximate surface area is 123 Å². The zero-order valence-corrected chi connectivity index (χ0v) is 12.3. The zero-order chi connectivity index (χ0) is 14.0. The predicted molar refractivity (Wildman–Crippen MR) is 76.9 cm³/mol. The second kappa shape index (κ2) is 5.70. The van der Waals surface area contributed by atoms with Gasteiger partial charge in [-0.1, -0.05) is 29.3 Å². The van der Waals surface area contributed by atoms with Crippen LogP contribution in [0.1, 0.15) is 31.7 Å². The predicted octanol–water partition coefficient (Wildman–Crippen LogP) is 3.78. The van der Waals surface area contributed by atoms with Crippen LogP contribution in [-0.4, -0.2) is 29.1 Å². The topological polar surface area (TPSA) is 40.5 Å². The molecule has 0 spiro atoms. The van der Waals surface area contributed by atoms with Crippen LogP contribution >= 0.6 is 23.2 Å². The molecule has 1 N–H and O–H groups in total. The number of carbonyl (C=O) groups is 1. The van der Waals surface area contributed by atoms with Gasteiger partial charge in [0.25, 0.3) is 0 Å². The normalized spacial score (nSPS) is 19.3. The van der Waals surface area contributed by atoms with E-state index < -0.39 is 11.5 Å². The molecule has 0 aliphatic carbocycles. The third-order valence-corrected chi connectivity index (χ3v) is 4.36. The third kappa shape index (κ3) is 3.04. The van der Waals surface area contributed by atoms with Crippen LogP contribution < -0.4 is 0 Å². The first-order valence-corrected chi connectivity index (χ1v) is 7.11. The Morgan fingerprint density at radius 1 is 1.37 bits per heavy atom. The number of nitrogens with zero attached hydrogens (tertiary/aromatic N) is 1. The maximum absolute atomic E-state index is 11.2. The van der Waals surface area contributed by atoms with Crippen molar-refractivity contribution in [3.8, 4) is 0 Å². The molecule has 0 radical (unpaired) electrons. The molecule has 1 aliphatic heterocycles. The fourth-order valence-electron chi connectivity index (χ4n) is 2.81. The largest absolute Gasteiger partial charge is 0.481 e. The van der Waals surface area contributed by atoms with E-state index in [-0.39, 0.29) is 6.42 Å². The average molecular weight is 302 g/mol. The number of hydrogen-bond acceptors (Lipinski definition) is 2. The number of halogens is 2. The van der Waals surface area contributed by atoms with E-state index in [1.807, 2.05) is 13.0 Å². The van der Waals surface area contributed by atoms with E-state index in [0.29, 0.717) is 10.0 Å². The van der Waals surface area contributed by atoms with Gasteiger partial charge in [0.15, 0.2) is 0 Å². The van der Waals surface area contributed by atoms with E-state index in [1.54, 1.807) is 12.1 Å². The summed E-state index contributed by atoms with van der Waals surface area (Å²) < 4.78 is 0. The molecule has 5 heteroatoms. The van der Waals surface area contributed by atoms with Crippen molar-refractivity contribution in [2.24, 2.45) is 0 Å². The van der Waals surface area contributed by atoms with Crippen molar-refractivity contribution in [3.63, 3.8) is 0 Å². The Morgan fingerprint density at radius 2 is 2.00 bits per heavy atom.